The first-order valence-corrected chi connectivity index (χ1v) is 9.74. The predicted octanol–water partition coefficient (Wildman–Crippen LogP) is 4.23. The van der Waals surface area contributed by atoms with E-state index in [4.69, 9.17) is 0 Å². The lowest BCUT2D eigenvalue weighted by Crippen LogP contribution is -2.23. The number of nitrogens with one attached hydrogen (secondary N) is 1. The van der Waals surface area contributed by atoms with Gasteiger partial charge in [0.25, 0.3) is 5.56 Å². The average molecular weight is 413 g/mol. The van der Waals surface area contributed by atoms with Crippen LogP contribution in [0.2, 0.25) is 0 Å². The summed E-state index contributed by atoms with van der Waals surface area (Å²) in [6.45, 7) is 2.16. The topological polar surface area (TPSA) is 64.0 Å². The number of hydrogen-bond donors (Lipinski definition) is 1. The number of thiophene rings is 1. The van der Waals surface area contributed by atoms with Gasteiger partial charge in [0.05, 0.1) is 22.5 Å². The number of carbonyl (C=O) groups excluding carboxylic acids is 1. The summed E-state index contributed by atoms with van der Waals surface area (Å²) in [7, 11) is 0. The summed E-state index contributed by atoms with van der Waals surface area (Å²) in [6.07, 6.45) is -4.56. The van der Waals surface area contributed by atoms with Crippen molar-refractivity contribution in [3.8, 4) is 0 Å². The molecule has 1 aromatic carbocycles. The molecule has 0 aliphatic rings. The SMILES string of the molecule is CCn1c(SCC(=O)Nc2ccccc2C(F)(F)F)nc2ccsc2c1=O. The van der Waals surface area contributed by atoms with E-state index in [2.05, 4.69) is 10.3 Å². The van der Waals surface area contributed by atoms with Gasteiger partial charge in [-0.2, -0.15) is 13.2 Å². The molecule has 5 nitrogen and oxygen atoms in total. The molecular formula is C17H14F3N3O2S2. The summed E-state index contributed by atoms with van der Waals surface area (Å²) in [5, 5.41) is 4.39. The van der Waals surface area contributed by atoms with Crippen LogP contribution < -0.4 is 10.9 Å². The molecule has 0 fully saturated rings. The first kappa shape index (κ1) is 19.4. The smallest absolute Gasteiger partial charge is 0.325 e. The molecule has 0 unspecified atom stereocenters. The van der Waals surface area contributed by atoms with E-state index in [9.17, 15) is 22.8 Å². The second kappa shape index (κ2) is 7.73. The van der Waals surface area contributed by atoms with Gasteiger partial charge in [0.15, 0.2) is 5.16 Å². The van der Waals surface area contributed by atoms with Gasteiger partial charge < -0.3 is 5.32 Å². The van der Waals surface area contributed by atoms with Gasteiger partial charge in [-0.15, -0.1) is 11.3 Å². The quantitative estimate of drug-likeness (QED) is 0.502. The maximum Gasteiger partial charge on any atom is 0.418 e. The van der Waals surface area contributed by atoms with E-state index in [-0.39, 0.29) is 17.0 Å². The first-order chi connectivity index (χ1) is 12.8. The maximum absolute atomic E-state index is 13.0. The molecule has 0 atom stereocenters. The number of benzene rings is 1. The molecule has 10 heteroatoms. The second-order valence-electron chi connectivity index (χ2n) is 5.46. The summed E-state index contributed by atoms with van der Waals surface area (Å²) in [4.78, 5) is 29.0. The molecule has 0 aliphatic carbocycles. The second-order valence-corrected chi connectivity index (χ2v) is 7.32. The third kappa shape index (κ3) is 4.16. The maximum atomic E-state index is 13.0. The molecule has 0 spiro atoms. The predicted molar refractivity (Wildman–Crippen MR) is 100 cm³/mol. The van der Waals surface area contributed by atoms with Crippen LogP contribution in [-0.4, -0.2) is 21.2 Å². The number of halogens is 3. The molecule has 0 saturated heterocycles. The lowest BCUT2D eigenvalue weighted by Gasteiger charge is -2.14. The Hall–Kier alpha value is -2.33. The van der Waals surface area contributed by atoms with E-state index >= 15 is 0 Å². The van der Waals surface area contributed by atoms with Gasteiger partial charge in [0, 0.05) is 6.54 Å². The van der Waals surface area contributed by atoms with Crippen molar-refractivity contribution in [3.05, 3.63) is 51.6 Å². The Morgan fingerprint density at radius 1 is 1.30 bits per heavy atom. The van der Waals surface area contributed by atoms with Crippen LogP contribution in [0.5, 0.6) is 0 Å². The molecule has 0 bridgehead atoms. The van der Waals surface area contributed by atoms with E-state index in [1.807, 2.05) is 0 Å². The fraction of sp³-hybridized carbons (Fsp3) is 0.235. The summed E-state index contributed by atoms with van der Waals surface area (Å²) in [6, 6.07) is 6.49. The number of rotatable bonds is 5. The molecule has 1 N–H and O–H groups in total. The number of alkyl halides is 3. The normalized spacial score (nSPS) is 11.7. The Bertz CT molecular complexity index is 1040. The Balaban J connectivity index is 1.78. The Kier molecular flexibility index (Phi) is 5.56. The lowest BCUT2D eigenvalue weighted by atomic mass is 10.1. The summed E-state index contributed by atoms with van der Waals surface area (Å²) >= 11 is 2.30. The van der Waals surface area contributed by atoms with Crippen molar-refractivity contribution in [1.82, 2.24) is 9.55 Å². The van der Waals surface area contributed by atoms with Crippen molar-refractivity contribution >= 4 is 44.9 Å². The zero-order valence-corrected chi connectivity index (χ0v) is 15.7. The number of amides is 1. The van der Waals surface area contributed by atoms with Gasteiger partial charge in [-0.3, -0.25) is 14.2 Å². The Morgan fingerprint density at radius 3 is 2.74 bits per heavy atom. The molecule has 0 aliphatic heterocycles. The highest BCUT2D eigenvalue weighted by atomic mass is 32.2. The molecule has 0 radical (unpaired) electrons. The molecule has 2 heterocycles. The third-order valence-corrected chi connectivity index (χ3v) is 5.55. The van der Waals surface area contributed by atoms with Gasteiger partial charge in [-0.25, -0.2) is 4.98 Å². The van der Waals surface area contributed by atoms with Gasteiger partial charge in [0.1, 0.15) is 4.70 Å². The number of hydrogen-bond acceptors (Lipinski definition) is 5. The van der Waals surface area contributed by atoms with Crippen molar-refractivity contribution in [2.24, 2.45) is 0 Å². The number of carbonyl (C=O) groups is 1. The van der Waals surface area contributed by atoms with Gasteiger partial charge >= 0.3 is 6.18 Å². The molecule has 27 heavy (non-hydrogen) atoms. The molecule has 0 saturated carbocycles. The van der Waals surface area contributed by atoms with Crippen molar-refractivity contribution in [3.63, 3.8) is 0 Å². The Morgan fingerprint density at radius 2 is 2.04 bits per heavy atom. The highest BCUT2D eigenvalue weighted by Crippen LogP contribution is 2.34. The van der Waals surface area contributed by atoms with Crippen molar-refractivity contribution in [2.45, 2.75) is 24.8 Å². The minimum atomic E-state index is -4.56. The summed E-state index contributed by atoms with van der Waals surface area (Å²) in [5.41, 5.74) is -0.862. The fourth-order valence-corrected chi connectivity index (χ4v) is 4.11. The molecule has 1 amide bonds. The van der Waals surface area contributed by atoms with E-state index < -0.39 is 17.6 Å². The van der Waals surface area contributed by atoms with Crippen LogP contribution in [0.3, 0.4) is 0 Å². The molecule has 3 rings (SSSR count). The van der Waals surface area contributed by atoms with Crippen LogP contribution in [0, 0.1) is 0 Å². The Labute approximate surface area is 160 Å². The monoisotopic (exact) mass is 413 g/mol. The van der Waals surface area contributed by atoms with Gasteiger partial charge in [-0.1, -0.05) is 23.9 Å². The number of para-hydroxylation sites is 1. The minimum Gasteiger partial charge on any atom is -0.325 e. The van der Waals surface area contributed by atoms with Crippen LogP contribution in [0.25, 0.3) is 10.2 Å². The number of anilines is 1. The largest absolute Gasteiger partial charge is 0.418 e. The zero-order valence-electron chi connectivity index (χ0n) is 14.0. The average Bonchev–Trinajstić information content (AvgIpc) is 3.08. The number of nitrogens with zero attached hydrogens (tertiary/aromatic N) is 2. The third-order valence-electron chi connectivity index (χ3n) is 3.69. The van der Waals surface area contributed by atoms with E-state index in [1.165, 1.54) is 34.1 Å². The first-order valence-electron chi connectivity index (χ1n) is 7.88. The molecule has 142 valence electrons. The van der Waals surface area contributed by atoms with Crippen molar-refractivity contribution in [2.75, 3.05) is 11.1 Å². The van der Waals surface area contributed by atoms with Crippen LogP contribution in [0.1, 0.15) is 12.5 Å². The lowest BCUT2D eigenvalue weighted by molar-refractivity contribution is -0.137. The summed E-state index contributed by atoms with van der Waals surface area (Å²) in [5.74, 6) is -0.784. The fourth-order valence-electron chi connectivity index (χ4n) is 2.47. The molecular weight excluding hydrogens is 399 g/mol. The van der Waals surface area contributed by atoms with Crippen LogP contribution in [-0.2, 0) is 17.5 Å². The molecule has 3 aromatic rings. The number of aromatic nitrogens is 2. The minimum absolute atomic E-state index is 0.172. The van der Waals surface area contributed by atoms with E-state index in [1.54, 1.807) is 18.4 Å². The number of fused-ring (bicyclic) bond motifs is 1. The van der Waals surface area contributed by atoms with Crippen LogP contribution in [0.4, 0.5) is 18.9 Å². The van der Waals surface area contributed by atoms with Gasteiger partial charge in [0.2, 0.25) is 5.91 Å². The number of thioether (sulfide) groups is 1. The van der Waals surface area contributed by atoms with Crippen LogP contribution in [0.15, 0.2) is 45.7 Å². The van der Waals surface area contributed by atoms with Crippen molar-refractivity contribution in [1.29, 1.82) is 0 Å². The van der Waals surface area contributed by atoms with E-state index in [0.717, 1.165) is 17.8 Å². The highest BCUT2D eigenvalue weighted by Gasteiger charge is 2.33. The van der Waals surface area contributed by atoms with Crippen LogP contribution >= 0.6 is 23.1 Å². The highest BCUT2D eigenvalue weighted by molar-refractivity contribution is 7.99. The zero-order chi connectivity index (χ0) is 19.6. The van der Waals surface area contributed by atoms with Gasteiger partial charge in [-0.05, 0) is 30.5 Å². The van der Waals surface area contributed by atoms with E-state index in [0.29, 0.717) is 21.9 Å². The standard InChI is InChI=1S/C17H14F3N3O2S2/c1-2-23-15(25)14-12(7-8-26-14)22-16(23)27-9-13(24)21-11-6-4-3-5-10(11)17(18,19)20/h3-8H,2,9H2,1H3,(H,21,24). The van der Waals surface area contributed by atoms with Crippen molar-refractivity contribution < 1.29 is 18.0 Å². The molecule has 2 aromatic heterocycles. The summed E-state index contributed by atoms with van der Waals surface area (Å²) < 4.78 is 41.0.